The molecule has 0 atom stereocenters. The van der Waals surface area contributed by atoms with Crippen LogP contribution in [0.15, 0.2) is 73.1 Å². The van der Waals surface area contributed by atoms with Crippen LogP contribution in [0.25, 0.3) is 0 Å². The van der Waals surface area contributed by atoms with E-state index in [1.807, 2.05) is 37.3 Å². The largest absolute Gasteiger partial charge is 0.490 e. The molecule has 0 bridgehead atoms. The van der Waals surface area contributed by atoms with Crippen molar-refractivity contribution in [3.63, 3.8) is 0 Å². The van der Waals surface area contributed by atoms with E-state index in [-0.39, 0.29) is 5.91 Å². The summed E-state index contributed by atoms with van der Waals surface area (Å²) in [6, 6.07) is 19.4. The van der Waals surface area contributed by atoms with Crippen molar-refractivity contribution in [3.8, 4) is 11.5 Å². The smallest absolute Gasteiger partial charge is 0.251 e. The van der Waals surface area contributed by atoms with Crippen LogP contribution in [0.4, 0.5) is 0 Å². The number of amides is 1. The molecule has 0 saturated carbocycles. The molecular weight excluding hydrogens is 396 g/mol. The zero-order valence-electron chi connectivity index (χ0n) is 17.0. The van der Waals surface area contributed by atoms with Gasteiger partial charge in [0.15, 0.2) is 11.5 Å². The van der Waals surface area contributed by atoms with Gasteiger partial charge < -0.3 is 14.8 Å². The lowest BCUT2D eigenvalue weighted by Crippen LogP contribution is -2.25. The van der Waals surface area contributed by atoms with Gasteiger partial charge in [0.25, 0.3) is 5.91 Å². The number of benzene rings is 2. The second-order valence-electron chi connectivity index (χ2n) is 6.54. The lowest BCUT2D eigenvalue weighted by molar-refractivity contribution is 0.0955. The number of hydrogen-bond acceptors (Lipinski definition) is 5. The number of nitrogens with one attached hydrogen (secondary N) is 1. The maximum absolute atomic E-state index is 12.5. The van der Waals surface area contributed by atoms with E-state index in [9.17, 15) is 4.79 Å². The number of hydrogen-bond donors (Lipinski definition) is 1. The van der Waals surface area contributed by atoms with E-state index in [0.717, 1.165) is 17.1 Å². The van der Waals surface area contributed by atoms with Crippen LogP contribution in [0.3, 0.4) is 0 Å². The number of nitrogens with zero attached hydrogens (tertiary/aromatic N) is 1. The van der Waals surface area contributed by atoms with Gasteiger partial charge >= 0.3 is 0 Å². The lowest BCUT2D eigenvalue weighted by atomic mass is 10.2. The summed E-state index contributed by atoms with van der Waals surface area (Å²) in [7, 11) is 0. The van der Waals surface area contributed by atoms with Crippen molar-refractivity contribution in [1.82, 2.24) is 10.3 Å². The summed E-state index contributed by atoms with van der Waals surface area (Å²) in [6.07, 6.45) is 3.49. The van der Waals surface area contributed by atoms with Crippen molar-refractivity contribution in [2.45, 2.75) is 19.3 Å². The number of aromatic nitrogens is 1. The predicted octanol–water partition coefficient (Wildman–Crippen LogP) is 4.72. The molecule has 5 nitrogen and oxygen atoms in total. The first-order valence-corrected chi connectivity index (χ1v) is 11.1. The number of carbonyl (C=O) groups is 1. The number of pyridine rings is 1. The Morgan fingerprint density at radius 1 is 1.00 bits per heavy atom. The lowest BCUT2D eigenvalue weighted by Gasteiger charge is -2.13. The average Bonchev–Trinajstić information content (AvgIpc) is 2.79. The van der Waals surface area contributed by atoms with Crippen LogP contribution in [0.5, 0.6) is 11.5 Å². The maximum Gasteiger partial charge on any atom is 0.251 e. The van der Waals surface area contributed by atoms with Crippen LogP contribution < -0.4 is 14.8 Å². The molecule has 1 heterocycles. The van der Waals surface area contributed by atoms with Gasteiger partial charge in [-0.2, -0.15) is 11.8 Å². The fourth-order valence-electron chi connectivity index (χ4n) is 2.78. The number of carbonyl (C=O) groups excluding carboxylic acids is 1. The van der Waals surface area contributed by atoms with Crippen molar-refractivity contribution >= 4 is 17.7 Å². The highest BCUT2D eigenvalue weighted by atomic mass is 32.2. The average molecular weight is 423 g/mol. The molecule has 2 aromatic carbocycles. The zero-order valence-corrected chi connectivity index (χ0v) is 17.9. The van der Waals surface area contributed by atoms with Crippen molar-refractivity contribution in [1.29, 1.82) is 0 Å². The molecule has 3 aromatic rings. The third-order valence-corrected chi connectivity index (χ3v) is 5.30. The Morgan fingerprint density at radius 3 is 2.60 bits per heavy atom. The van der Waals surface area contributed by atoms with E-state index in [1.54, 1.807) is 42.4 Å². The number of rotatable bonds is 11. The standard InChI is InChI=1S/C24H26N2O3S/c1-2-28-23-15-21(10-11-22(23)29-17-20-9-6-12-25-16-20)24(27)26-13-14-30-18-19-7-4-3-5-8-19/h3-12,15-16H,2,13-14,17-18H2,1H3,(H,26,27). The molecule has 0 radical (unpaired) electrons. The second-order valence-corrected chi connectivity index (χ2v) is 7.64. The fourth-order valence-corrected chi connectivity index (χ4v) is 3.60. The van der Waals surface area contributed by atoms with Gasteiger partial charge in [0.2, 0.25) is 0 Å². The van der Waals surface area contributed by atoms with Gasteiger partial charge in [0, 0.05) is 41.6 Å². The molecule has 0 saturated heterocycles. The highest BCUT2D eigenvalue weighted by Gasteiger charge is 2.12. The topological polar surface area (TPSA) is 60.5 Å². The van der Waals surface area contributed by atoms with E-state index in [4.69, 9.17) is 9.47 Å². The van der Waals surface area contributed by atoms with E-state index >= 15 is 0 Å². The molecule has 0 aliphatic heterocycles. The normalized spacial score (nSPS) is 10.4. The zero-order chi connectivity index (χ0) is 21.0. The second kappa shape index (κ2) is 11.9. The van der Waals surface area contributed by atoms with Crippen molar-refractivity contribution in [3.05, 3.63) is 89.7 Å². The van der Waals surface area contributed by atoms with Gasteiger partial charge in [-0.05, 0) is 36.8 Å². The molecule has 0 spiro atoms. The molecule has 0 aliphatic rings. The first-order valence-electron chi connectivity index (χ1n) is 9.94. The number of thioether (sulfide) groups is 1. The van der Waals surface area contributed by atoms with Gasteiger partial charge in [-0.1, -0.05) is 36.4 Å². The minimum absolute atomic E-state index is 0.116. The molecule has 0 unspecified atom stereocenters. The van der Waals surface area contributed by atoms with Gasteiger partial charge in [-0.15, -0.1) is 0 Å². The summed E-state index contributed by atoms with van der Waals surface area (Å²) in [6.45, 7) is 3.39. The Bertz CT molecular complexity index is 920. The fraction of sp³-hybridized carbons (Fsp3) is 0.250. The molecule has 3 rings (SSSR count). The monoisotopic (exact) mass is 422 g/mol. The molecule has 1 amide bonds. The van der Waals surface area contributed by atoms with Crippen LogP contribution >= 0.6 is 11.8 Å². The minimum atomic E-state index is -0.116. The van der Waals surface area contributed by atoms with Gasteiger partial charge in [-0.25, -0.2) is 0 Å². The van der Waals surface area contributed by atoms with E-state index in [1.165, 1.54) is 5.56 Å². The van der Waals surface area contributed by atoms with Gasteiger partial charge in [0.05, 0.1) is 6.61 Å². The summed E-state index contributed by atoms with van der Waals surface area (Å²) in [4.78, 5) is 16.6. The van der Waals surface area contributed by atoms with Crippen LogP contribution in [0, 0.1) is 0 Å². The molecule has 0 aliphatic carbocycles. The highest BCUT2D eigenvalue weighted by molar-refractivity contribution is 7.98. The summed E-state index contributed by atoms with van der Waals surface area (Å²) >= 11 is 1.80. The molecule has 156 valence electrons. The van der Waals surface area contributed by atoms with Gasteiger partial charge in [0.1, 0.15) is 6.61 Å². The van der Waals surface area contributed by atoms with Crippen molar-refractivity contribution < 1.29 is 14.3 Å². The summed E-state index contributed by atoms with van der Waals surface area (Å²) in [5.41, 5.74) is 2.81. The summed E-state index contributed by atoms with van der Waals surface area (Å²) in [5.74, 6) is 2.85. The molecule has 1 aromatic heterocycles. The van der Waals surface area contributed by atoms with Crippen LogP contribution in [-0.4, -0.2) is 29.8 Å². The number of ether oxygens (including phenoxy) is 2. The van der Waals surface area contributed by atoms with Crippen LogP contribution in [-0.2, 0) is 12.4 Å². The van der Waals surface area contributed by atoms with E-state index < -0.39 is 0 Å². The molecule has 1 N–H and O–H groups in total. The van der Waals surface area contributed by atoms with Gasteiger partial charge in [-0.3, -0.25) is 9.78 Å². The first-order chi connectivity index (χ1) is 14.8. The van der Waals surface area contributed by atoms with Crippen LogP contribution in [0.2, 0.25) is 0 Å². The Balaban J connectivity index is 1.50. The SMILES string of the molecule is CCOc1cc(C(=O)NCCSCc2ccccc2)ccc1OCc1cccnc1. The third-order valence-electron chi connectivity index (χ3n) is 4.27. The van der Waals surface area contributed by atoms with Crippen molar-refractivity contribution in [2.24, 2.45) is 0 Å². The van der Waals surface area contributed by atoms with Crippen molar-refractivity contribution in [2.75, 3.05) is 18.9 Å². The maximum atomic E-state index is 12.5. The Morgan fingerprint density at radius 2 is 1.83 bits per heavy atom. The quantitative estimate of drug-likeness (QED) is 0.453. The van der Waals surface area contributed by atoms with Crippen LogP contribution in [0.1, 0.15) is 28.4 Å². The minimum Gasteiger partial charge on any atom is -0.490 e. The Hall–Kier alpha value is -2.99. The molecule has 30 heavy (non-hydrogen) atoms. The molecule has 0 fully saturated rings. The Labute approximate surface area is 181 Å². The third kappa shape index (κ3) is 6.81. The Kier molecular flexibility index (Phi) is 8.60. The first kappa shape index (κ1) is 21.7. The molecular formula is C24H26N2O3S. The molecule has 6 heteroatoms. The summed E-state index contributed by atoms with van der Waals surface area (Å²) in [5, 5.41) is 2.97. The van der Waals surface area contributed by atoms with E-state index in [2.05, 4.69) is 22.4 Å². The summed E-state index contributed by atoms with van der Waals surface area (Å²) < 4.78 is 11.5. The highest BCUT2D eigenvalue weighted by Crippen LogP contribution is 2.29. The predicted molar refractivity (Wildman–Crippen MR) is 121 cm³/mol. The van der Waals surface area contributed by atoms with E-state index in [0.29, 0.717) is 36.8 Å².